The fourth-order valence-corrected chi connectivity index (χ4v) is 11.3. The lowest BCUT2D eigenvalue weighted by Crippen LogP contribution is -2.29. The van der Waals surface area contributed by atoms with Gasteiger partial charge in [0.05, 0.1) is 24.0 Å². The largest absolute Gasteiger partial charge is 0.426 e. The van der Waals surface area contributed by atoms with E-state index >= 15 is 0 Å². The molecule has 4 aliphatic rings. The number of carbonyl (C=O) groups excluding carboxylic acids is 2. The van der Waals surface area contributed by atoms with E-state index in [1.807, 2.05) is 24.3 Å². The minimum absolute atomic E-state index is 0.0352. The third-order valence-electron chi connectivity index (χ3n) is 15.3. The highest BCUT2D eigenvalue weighted by atomic mass is 16.5. The summed E-state index contributed by atoms with van der Waals surface area (Å²) in [6, 6.07) is 16.1. The summed E-state index contributed by atoms with van der Waals surface area (Å²) in [6.45, 7) is 5.98. The molecule has 4 aliphatic carbocycles. The van der Waals surface area contributed by atoms with Crippen LogP contribution in [-0.4, -0.2) is 60.8 Å². The van der Waals surface area contributed by atoms with Gasteiger partial charge >= 0.3 is 11.9 Å². The lowest BCUT2D eigenvalue weighted by Gasteiger charge is -2.30. The molecule has 2 N–H and O–H groups in total. The average molecular weight is 907 g/mol. The van der Waals surface area contributed by atoms with Gasteiger partial charge < -0.3 is 29.2 Å². The molecule has 8 nitrogen and oxygen atoms in total. The first-order chi connectivity index (χ1) is 32.3. The van der Waals surface area contributed by atoms with Crippen LogP contribution in [0.2, 0.25) is 0 Å². The predicted octanol–water partition coefficient (Wildman–Crippen LogP) is 12.3. The Morgan fingerprint density at radius 1 is 0.515 bits per heavy atom. The highest BCUT2D eigenvalue weighted by Gasteiger charge is 2.30. The van der Waals surface area contributed by atoms with Crippen LogP contribution in [0.4, 0.5) is 0 Å². The second-order valence-corrected chi connectivity index (χ2v) is 20.3. The van der Waals surface area contributed by atoms with Crippen molar-refractivity contribution in [1.29, 1.82) is 0 Å². The van der Waals surface area contributed by atoms with Crippen LogP contribution in [-0.2, 0) is 19.1 Å². The van der Waals surface area contributed by atoms with Crippen molar-refractivity contribution in [3.63, 3.8) is 0 Å². The molecule has 0 saturated heterocycles. The molecule has 4 fully saturated rings. The summed E-state index contributed by atoms with van der Waals surface area (Å²) in [5.74, 6) is 17.6. The van der Waals surface area contributed by atoms with Gasteiger partial charge in [0, 0.05) is 38.3 Å². The van der Waals surface area contributed by atoms with Crippen LogP contribution in [0.3, 0.4) is 0 Å². The van der Waals surface area contributed by atoms with Crippen molar-refractivity contribution in [3.8, 4) is 35.2 Å². The summed E-state index contributed by atoms with van der Waals surface area (Å²) in [7, 11) is 0. The topological polar surface area (TPSA) is 112 Å². The molecule has 2 unspecified atom stereocenters. The minimum atomic E-state index is -0.165. The van der Waals surface area contributed by atoms with Gasteiger partial charge in [0.15, 0.2) is 0 Å². The SMILES string of the molecule is CCCC1CCC(CC(C#CC#CC(CC2CCC(CCC)CC2)c2ccc(OC(=O)C3CCC(OCCCO)CC3)cc2)c2ccc(OC(=O)C3CCC(OCCCO)CC3)cc2)CC1. The third-order valence-corrected chi connectivity index (χ3v) is 15.3. The molecule has 0 amide bonds. The highest BCUT2D eigenvalue weighted by Crippen LogP contribution is 2.39. The molecule has 0 radical (unpaired) electrons. The fourth-order valence-electron chi connectivity index (χ4n) is 11.3. The Morgan fingerprint density at radius 2 is 0.864 bits per heavy atom. The lowest BCUT2D eigenvalue weighted by atomic mass is 9.75. The van der Waals surface area contributed by atoms with Crippen LogP contribution in [0.25, 0.3) is 0 Å². The van der Waals surface area contributed by atoms with E-state index in [1.165, 1.54) is 77.0 Å². The van der Waals surface area contributed by atoms with Gasteiger partial charge in [-0.1, -0.05) is 127 Å². The smallest absolute Gasteiger partial charge is 0.314 e. The summed E-state index contributed by atoms with van der Waals surface area (Å²) >= 11 is 0. The number of rotatable bonds is 22. The van der Waals surface area contributed by atoms with Gasteiger partial charge in [0.25, 0.3) is 0 Å². The molecule has 0 aliphatic heterocycles. The monoisotopic (exact) mass is 907 g/mol. The molecule has 6 rings (SSSR count). The zero-order valence-corrected chi connectivity index (χ0v) is 40.5. The standard InChI is InChI=1S/C58H82O8/c1-3-9-43-13-17-45(18-14-43)41-51(47-21-33-55(34-22-47)65-57(61)49-25-29-53(30-26-49)63-39-7-37-59)11-5-6-12-52(42-46-19-15-44(10-4-2)16-20-46)48-23-35-56(36-24-48)66-58(62)50-27-31-54(32-28-50)64-40-8-38-60/h21-24,33-36,43-46,49-54,59-60H,3-4,7-10,13-20,25-32,37-42H2,1-2H3. The second-order valence-electron chi connectivity index (χ2n) is 20.3. The predicted molar refractivity (Wildman–Crippen MR) is 262 cm³/mol. The molecular formula is C58H82O8. The van der Waals surface area contributed by atoms with E-state index in [0.29, 0.717) is 49.4 Å². The molecule has 2 aromatic rings. The van der Waals surface area contributed by atoms with Crippen LogP contribution in [0.15, 0.2) is 48.5 Å². The number of esters is 2. The average Bonchev–Trinajstić information content (AvgIpc) is 3.34. The first-order valence-corrected chi connectivity index (χ1v) is 26.4. The first kappa shape index (κ1) is 51.7. The molecule has 8 heteroatoms. The second kappa shape index (κ2) is 28.6. The van der Waals surface area contributed by atoms with E-state index in [2.05, 4.69) is 61.8 Å². The summed E-state index contributed by atoms with van der Waals surface area (Å²) in [4.78, 5) is 26.4. The quantitative estimate of drug-likeness (QED) is 0.0520. The van der Waals surface area contributed by atoms with Gasteiger partial charge in [0.1, 0.15) is 11.5 Å². The fraction of sp³-hybridized carbons (Fsp3) is 0.690. The number of ether oxygens (including phenoxy) is 4. The van der Waals surface area contributed by atoms with E-state index in [4.69, 9.17) is 29.2 Å². The number of aliphatic hydroxyl groups excluding tert-OH is 2. The van der Waals surface area contributed by atoms with E-state index in [9.17, 15) is 9.59 Å². The molecule has 0 bridgehead atoms. The van der Waals surface area contributed by atoms with Gasteiger partial charge in [-0.2, -0.15) is 0 Å². The number of aliphatic hydroxyl groups is 2. The van der Waals surface area contributed by atoms with Crippen LogP contribution >= 0.6 is 0 Å². The maximum Gasteiger partial charge on any atom is 0.314 e. The van der Waals surface area contributed by atoms with Crippen LogP contribution in [0.5, 0.6) is 11.5 Å². The van der Waals surface area contributed by atoms with Gasteiger partial charge in [-0.15, -0.1) is 0 Å². The molecule has 66 heavy (non-hydrogen) atoms. The Bertz CT molecular complexity index is 1680. The summed E-state index contributed by atoms with van der Waals surface area (Å²) in [5, 5.41) is 18.1. The van der Waals surface area contributed by atoms with Crippen LogP contribution in [0, 0.1) is 59.2 Å². The zero-order valence-electron chi connectivity index (χ0n) is 40.5. The Balaban J connectivity index is 1.12. The number of hydrogen-bond acceptors (Lipinski definition) is 8. The first-order valence-electron chi connectivity index (χ1n) is 26.4. The molecule has 2 aromatic carbocycles. The Hall–Kier alpha value is -3.66. The molecular weight excluding hydrogens is 825 g/mol. The van der Waals surface area contributed by atoms with Crippen molar-refractivity contribution in [2.24, 2.45) is 35.5 Å². The Kier molecular flexibility index (Phi) is 22.4. The number of hydrogen-bond donors (Lipinski definition) is 2. The van der Waals surface area contributed by atoms with E-state index < -0.39 is 0 Å². The van der Waals surface area contributed by atoms with E-state index in [-0.39, 0.29) is 61.0 Å². The van der Waals surface area contributed by atoms with Crippen LogP contribution < -0.4 is 9.47 Å². The molecule has 2 atom stereocenters. The molecule has 4 saturated carbocycles. The summed E-state index contributed by atoms with van der Waals surface area (Å²) in [5.41, 5.74) is 2.29. The normalized spacial score (nSPS) is 26.4. The summed E-state index contributed by atoms with van der Waals surface area (Å²) < 4.78 is 23.6. The van der Waals surface area contributed by atoms with E-state index in [0.717, 1.165) is 87.2 Å². The minimum Gasteiger partial charge on any atom is -0.426 e. The molecule has 0 aromatic heterocycles. The van der Waals surface area contributed by atoms with Crippen molar-refractivity contribution < 1.29 is 38.7 Å². The van der Waals surface area contributed by atoms with Crippen molar-refractivity contribution in [1.82, 2.24) is 0 Å². The number of carbonyl (C=O) groups is 2. The number of benzene rings is 2. The van der Waals surface area contributed by atoms with Gasteiger partial charge in [-0.25, -0.2) is 0 Å². The third kappa shape index (κ3) is 17.1. The van der Waals surface area contributed by atoms with Crippen molar-refractivity contribution in [2.45, 2.75) is 192 Å². The van der Waals surface area contributed by atoms with E-state index in [1.54, 1.807) is 0 Å². The summed E-state index contributed by atoms with van der Waals surface area (Å²) in [6.07, 6.45) is 25.3. The highest BCUT2D eigenvalue weighted by molar-refractivity contribution is 5.75. The van der Waals surface area contributed by atoms with Gasteiger partial charge in [-0.3, -0.25) is 9.59 Å². The van der Waals surface area contributed by atoms with Crippen molar-refractivity contribution in [2.75, 3.05) is 26.4 Å². The maximum absolute atomic E-state index is 13.2. The van der Waals surface area contributed by atoms with Crippen molar-refractivity contribution in [3.05, 3.63) is 59.7 Å². The Labute approximate surface area is 398 Å². The van der Waals surface area contributed by atoms with Crippen molar-refractivity contribution >= 4 is 11.9 Å². The maximum atomic E-state index is 13.2. The zero-order chi connectivity index (χ0) is 46.4. The molecule has 0 heterocycles. The molecule has 0 spiro atoms. The van der Waals surface area contributed by atoms with Gasteiger partial charge in [0.2, 0.25) is 0 Å². The van der Waals surface area contributed by atoms with Crippen LogP contribution in [0.1, 0.15) is 191 Å². The lowest BCUT2D eigenvalue weighted by molar-refractivity contribution is -0.142. The Morgan fingerprint density at radius 3 is 1.20 bits per heavy atom. The van der Waals surface area contributed by atoms with Gasteiger partial charge in [-0.05, 0) is 148 Å². The molecule has 362 valence electrons.